The summed E-state index contributed by atoms with van der Waals surface area (Å²) in [6.45, 7) is 5.08. The first kappa shape index (κ1) is 16.2. The monoisotopic (exact) mass is 330 g/mol. The Hall–Kier alpha value is -2.70. The Kier molecular flexibility index (Phi) is 4.59. The zero-order valence-electron chi connectivity index (χ0n) is 13.6. The van der Waals surface area contributed by atoms with Crippen molar-refractivity contribution in [2.24, 2.45) is 5.16 Å². The van der Waals surface area contributed by atoms with E-state index in [0.29, 0.717) is 13.0 Å². The number of rotatable bonds is 5. The van der Waals surface area contributed by atoms with E-state index >= 15 is 0 Å². The number of carbonyl (C=O) groups is 1. The van der Waals surface area contributed by atoms with E-state index in [9.17, 15) is 9.18 Å². The minimum atomic E-state index is -0.648. The molecule has 1 unspecified atom stereocenters. The maximum Gasteiger partial charge on any atom is 0.264 e. The van der Waals surface area contributed by atoms with Crippen molar-refractivity contribution in [2.45, 2.75) is 39.5 Å². The van der Waals surface area contributed by atoms with Crippen molar-refractivity contribution < 1.29 is 14.0 Å². The number of amides is 1. The normalized spacial score (nSPS) is 16.6. The van der Waals surface area contributed by atoms with Crippen LogP contribution in [0.25, 0.3) is 0 Å². The molecule has 0 aliphatic carbocycles. The van der Waals surface area contributed by atoms with Crippen LogP contribution in [0.4, 0.5) is 4.39 Å². The van der Waals surface area contributed by atoms with Crippen LogP contribution in [-0.2, 0) is 22.7 Å². The van der Waals surface area contributed by atoms with Crippen LogP contribution in [0.5, 0.6) is 0 Å². The smallest absolute Gasteiger partial charge is 0.264 e. The predicted molar refractivity (Wildman–Crippen MR) is 86.9 cm³/mol. The van der Waals surface area contributed by atoms with Gasteiger partial charge in [-0.05, 0) is 31.5 Å². The van der Waals surface area contributed by atoms with E-state index in [1.807, 2.05) is 18.5 Å². The molecule has 7 heteroatoms. The average Bonchev–Trinajstić information content (AvgIpc) is 3.20. The molecule has 3 rings (SSSR count). The van der Waals surface area contributed by atoms with Crippen molar-refractivity contribution in [2.75, 3.05) is 0 Å². The summed E-state index contributed by atoms with van der Waals surface area (Å²) < 4.78 is 14.7. The van der Waals surface area contributed by atoms with Gasteiger partial charge in [0.2, 0.25) is 6.10 Å². The number of aromatic nitrogens is 2. The number of nitrogens with one attached hydrogen (secondary N) is 1. The van der Waals surface area contributed by atoms with E-state index in [4.69, 9.17) is 4.84 Å². The summed E-state index contributed by atoms with van der Waals surface area (Å²) in [5.74, 6) is -0.538. The van der Waals surface area contributed by atoms with Crippen LogP contribution in [0.1, 0.15) is 30.2 Å². The number of nitrogens with zero attached hydrogens (tertiary/aromatic N) is 3. The molecule has 2 aromatic rings. The molecule has 1 N–H and O–H groups in total. The lowest BCUT2D eigenvalue weighted by atomic mass is 10.1. The number of hydrogen-bond acceptors (Lipinski definition) is 4. The van der Waals surface area contributed by atoms with E-state index in [2.05, 4.69) is 15.6 Å². The van der Waals surface area contributed by atoms with Crippen LogP contribution in [0.2, 0.25) is 0 Å². The van der Waals surface area contributed by atoms with Gasteiger partial charge in [-0.25, -0.2) is 4.39 Å². The molecule has 1 aromatic carbocycles. The van der Waals surface area contributed by atoms with Crippen molar-refractivity contribution in [3.8, 4) is 0 Å². The zero-order valence-corrected chi connectivity index (χ0v) is 13.6. The van der Waals surface area contributed by atoms with Crippen LogP contribution < -0.4 is 5.32 Å². The molecule has 1 aromatic heterocycles. The Morgan fingerprint density at radius 2 is 2.17 bits per heavy atom. The van der Waals surface area contributed by atoms with Gasteiger partial charge < -0.3 is 10.2 Å². The molecule has 0 radical (unpaired) electrons. The quantitative estimate of drug-likeness (QED) is 0.913. The number of carbonyl (C=O) groups excluding carboxylic acids is 1. The topological polar surface area (TPSA) is 68.5 Å². The van der Waals surface area contributed by atoms with Gasteiger partial charge in [-0.2, -0.15) is 5.10 Å². The third-order valence-electron chi connectivity index (χ3n) is 4.05. The van der Waals surface area contributed by atoms with Gasteiger partial charge in [0, 0.05) is 30.8 Å². The Morgan fingerprint density at radius 3 is 2.83 bits per heavy atom. The highest BCUT2D eigenvalue weighted by atomic mass is 19.1. The Morgan fingerprint density at radius 1 is 1.42 bits per heavy atom. The van der Waals surface area contributed by atoms with Gasteiger partial charge in [0.05, 0.1) is 11.9 Å². The van der Waals surface area contributed by atoms with Gasteiger partial charge in [0.15, 0.2) is 0 Å². The van der Waals surface area contributed by atoms with Crippen molar-refractivity contribution >= 4 is 11.6 Å². The second-order valence-electron chi connectivity index (χ2n) is 5.64. The van der Waals surface area contributed by atoms with E-state index < -0.39 is 6.10 Å². The van der Waals surface area contributed by atoms with Gasteiger partial charge in [-0.3, -0.25) is 9.48 Å². The largest absolute Gasteiger partial charge is 0.382 e. The number of oxime groups is 1. The average molecular weight is 330 g/mol. The molecule has 0 spiro atoms. The molecule has 24 heavy (non-hydrogen) atoms. The van der Waals surface area contributed by atoms with E-state index in [0.717, 1.165) is 29.1 Å². The highest BCUT2D eigenvalue weighted by Gasteiger charge is 2.30. The van der Waals surface area contributed by atoms with Crippen LogP contribution in [-0.4, -0.2) is 27.5 Å². The molecular weight excluding hydrogens is 311 g/mol. The molecule has 2 heterocycles. The molecule has 126 valence electrons. The second-order valence-corrected chi connectivity index (χ2v) is 5.64. The lowest BCUT2D eigenvalue weighted by molar-refractivity contribution is -0.131. The molecule has 1 aliphatic rings. The molecule has 1 atom stereocenters. The van der Waals surface area contributed by atoms with Gasteiger partial charge in [0.25, 0.3) is 5.91 Å². The Labute approximate surface area is 139 Å². The van der Waals surface area contributed by atoms with Crippen molar-refractivity contribution in [1.82, 2.24) is 15.1 Å². The summed E-state index contributed by atoms with van der Waals surface area (Å²) in [7, 11) is 0. The van der Waals surface area contributed by atoms with Crippen molar-refractivity contribution in [1.29, 1.82) is 0 Å². The summed E-state index contributed by atoms with van der Waals surface area (Å²) in [5.41, 5.74) is 3.47. The van der Waals surface area contributed by atoms with Gasteiger partial charge in [0.1, 0.15) is 5.82 Å². The molecule has 0 bridgehead atoms. The summed E-state index contributed by atoms with van der Waals surface area (Å²) in [6.07, 6.45) is 1.51. The van der Waals surface area contributed by atoms with Crippen molar-refractivity contribution in [3.05, 3.63) is 53.1 Å². The first-order valence-corrected chi connectivity index (χ1v) is 7.86. The number of aryl methyl sites for hydroxylation is 1. The second kappa shape index (κ2) is 6.82. The summed E-state index contributed by atoms with van der Waals surface area (Å²) >= 11 is 0. The summed E-state index contributed by atoms with van der Waals surface area (Å²) in [5, 5.41) is 11.1. The van der Waals surface area contributed by atoms with Crippen LogP contribution in [0, 0.1) is 12.7 Å². The fourth-order valence-electron chi connectivity index (χ4n) is 2.63. The van der Waals surface area contributed by atoms with Gasteiger partial charge >= 0.3 is 0 Å². The number of benzene rings is 1. The summed E-state index contributed by atoms with van der Waals surface area (Å²) in [4.78, 5) is 17.5. The minimum Gasteiger partial charge on any atom is -0.382 e. The molecule has 1 aliphatic heterocycles. The molecule has 0 fully saturated rings. The van der Waals surface area contributed by atoms with Crippen LogP contribution in [0.3, 0.4) is 0 Å². The Bertz CT molecular complexity index is 767. The van der Waals surface area contributed by atoms with Crippen LogP contribution in [0.15, 0.2) is 35.6 Å². The first-order chi connectivity index (χ1) is 11.6. The van der Waals surface area contributed by atoms with E-state index in [-0.39, 0.29) is 11.7 Å². The SMILES string of the molecule is CCn1ncc(C2=NOC(C(=O)NCc3ccc(F)cc3)C2)c1C. The maximum absolute atomic E-state index is 12.9. The highest BCUT2D eigenvalue weighted by Crippen LogP contribution is 2.19. The number of halogens is 1. The fraction of sp³-hybridized carbons (Fsp3) is 0.353. The lowest BCUT2D eigenvalue weighted by Gasteiger charge is -2.09. The summed E-state index contributed by atoms with van der Waals surface area (Å²) in [6, 6.07) is 6.00. The lowest BCUT2D eigenvalue weighted by Crippen LogP contribution is -2.34. The zero-order chi connectivity index (χ0) is 17.1. The highest BCUT2D eigenvalue weighted by molar-refractivity contribution is 6.04. The third kappa shape index (κ3) is 3.29. The van der Waals surface area contributed by atoms with E-state index in [1.165, 1.54) is 12.1 Å². The molecule has 6 nitrogen and oxygen atoms in total. The maximum atomic E-state index is 12.9. The Balaban J connectivity index is 1.57. The molecule has 0 saturated carbocycles. The number of hydrogen-bond donors (Lipinski definition) is 1. The third-order valence-corrected chi connectivity index (χ3v) is 4.05. The van der Waals surface area contributed by atoms with Crippen molar-refractivity contribution in [3.63, 3.8) is 0 Å². The molecular formula is C17H19FN4O2. The van der Waals surface area contributed by atoms with E-state index in [1.54, 1.807) is 18.3 Å². The predicted octanol–water partition coefficient (Wildman–Crippen LogP) is 2.16. The van der Waals surface area contributed by atoms with Crippen LogP contribution >= 0.6 is 0 Å². The van der Waals surface area contributed by atoms with Gasteiger partial charge in [-0.15, -0.1) is 0 Å². The molecule has 1 amide bonds. The van der Waals surface area contributed by atoms with Gasteiger partial charge in [-0.1, -0.05) is 17.3 Å². The minimum absolute atomic E-state index is 0.237. The standard InChI is InChI=1S/C17H19FN4O2/c1-3-22-11(2)14(10-20-22)15-8-16(24-21-15)17(23)19-9-12-4-6-13(18)7-5-12/h4-7,10,16H,3,8-9H2,1-2H3,(H,19,23). The molecule has 0 saturated heterocycles. The fourth-order valence-corrected chi connectivity index (χ4v) is 2.63. The first-order valence-electron chi connectivity index (χ1n) is 7.86.